The molecule has 1 aliphatic rings. The predicted molar refractivity (Wildman–Crippen MR) is 105 cm³/mol. The van der Waals surface area contributed by atoms with Crippen molar-refractivity contribution in [3.8, 4) is 0 Å². The third kappa shape index (κ3) is 5.27. The van der Waals surface area contributed by atoms with Crippen LogP contribution in [-0.4, -0.2) is 25.1 Å². The van der Waals surface area contributed by atoms with Crippen LogP contribution >= 0.6 is 24.0 Å². The average Bonchev–Trinajstić information content (AvgIpc) is 3.11. The summed E-state index contributed by atoms with van der Waals surface area (Å²) < 4.78 is 5.33. The second kappa shape index (κ2) is 8.96. The number of nitrogens with zero attached hydrogens (tertiary/aromatic N) is 1. The maximum atomic E-state index is 5.33. The van der Waals surface area contributed by atoms with Crippen LogP contribution in [0.3, 0.4) is 0 Å². The molecule has 1 saturated carbocycles. The Morgan fingerprint density at radius 3 is 2.74 bits per heavy atom. The molecule has 0 radical (unpaired) electrons. The Hall–Kier alpha value is -1.50. The summed E-state index contributed by atoms with van der Waals surface area (Å²) in [6, 6.07) is 15.1. The summed E-state index contributed by atoms with van der Waals surface area (Å²) in [6.07, 6.45) is 3.71. The molecular weight excluding hydrogens is 401 g/mol. The Bertz CT molecular complexity index is 598. The second-order valence-corrected chi connectivity index (χ2v) is 5.59. The number of furan rings is 1. The summed E-state index contributed by atoms with van der Waals surface area (Å²) in [4.78, 5) is 4.63. The Labute approximate surface area is 154 Å². The van der Waals surface area contributed by atoms with E-state index in [0.717, 1.165) is 31.2 Å². The van der Waals surface area contributed by atoms with Crippen molar-refractivity contribution in [3.05, 3.63) is 60.1 Å². The Morgan fingerprint density at radius 2 is 2.04 bits per heavy atom. The molecule has 2 N–H and O–H groups in total. The molecule has 0 bridgehead atoms. The van der Waals surface area contributed by atoms with Gasteiger partial charge in [0.25, 0.3) is 0 Å². The molecule has 124 valence electrons. The van der Waals surface area contributed by atoms with Crippen molar-refractivity contribution < 1.29 is 4.42 Å². The zero-order valence-electron chi connectivity index (χ0n) is 13.4. The largest absolute Gasteiger partial charge is 0.469 e. The van der Waals surface area contributed by atoms with E-state index in [1.54, 1.807) is 6.26 Å². The minimum atomic E-state index is 0. The summed E-state index contributed by atoms with van der Waals surface area (Å²) in [5.74, 6) is 2.49. The lowest BCUT2D eigenvalue weighted by Gasteiger charge is -2.11. The van der Waals surface area contributed by atoms with Gasteiger partial charge in [-0.2, -0.15) is 0 Å². The van der Waals surface area contributed by atoms with E-state index in [9.17, 15) is 0 Å². The van der Waals surface area contributed by atoms with Gasteiger partial charge in [-0.25, -0.2) is 0 Å². The van der Waals surface area contributed by atoms with Gasteiger partial charge in [0.15, 0.2) is 5.96 Å². The van der Waals surface area contributed by atoms with Crippen molar-refractivity contribution in [1.29, 1.82) is 0 Å². The molecule has 0 aliphatic heterocycles. The highest BCUT2D eigenvalue weighted by Gasteiger charge is 2.38. The molecule has 1 aromatic carbocycles. The van der Waals surface area contributed by atoms with Crippen LogP contribution < -0.4 is 10.6 Å². The molecule has 2 unspecified atom stereocenters. The number of guanidine groups is 1. The molecule has 3 rings (SSSR count). The van der Waals surface area contributed by atoms with Gasteiger partial charge in [0.05, 0.1) is 6.26 Å². The zero-order valence-corrected chi connectivity index (χ0v) is 15.7. The van der Waals surface area contributed by atoms with Crippen molar-refractivity contribution in [3.63, 3.8) is 0 Å². The summed E-state index contributed by atoms with van der Waals surface area (Å²) in [5, 5.41) is 6.84. The smallest absolute Gasteiger partial charge is 0.191 e. The fourth-order valence-corrected chi connectivity index (χ4v) is 2.65. The van der Waals surface area contributed by atoms with Crippen LogP contribution in [0.5, 0.6) is 0 Å². The third-order valence-corrected chi connectivity index (χ3v) is 3.89. The van der Waals surface area contributed by atoms with Crippen molar-refractivity contribution in [2.45, 2.75) is 31.7 Å². The minimum Gasteiger partial charge on any atom is -0.469 e. The van der Waals surface area contributed by atoms with Gasteiger partial charge >= 0.3 is 0 Å². The van der Waals surface area contributed by atoms with Crippen LogP contribution in [0.25, 0.3) is 0 Å². The van der Waals surface area contributed by atoms with E-state index in [0.29, 0.717) is 12.0 Å². The number of aliphatic imine (C=N–C) groups is 1. The van der Waals surface area contributed by atoms with Crippen LogP contribution in [0.4, 0.5) is 0 Å². The quantitative estimate of drug-likeness (QED) is 0.423. The topological polar surface area (TPSA) is 49.6 Å². The lowest BCUT2D eigenvalue weighted by molar-refractivity contribution is 0.510. The van der Waals surface area contributed by atoms with E-state index in [1.807, 2.05) is 12.1 Å². The monoisotopic (exact) mass is 425 g/mol. The molecule has 5 heteroatoms. The second-order valence-electron chi connectivity index (χ2n) is 5.59. The molecule has 4 nitrogen and oxygen atoms in total. The molecule has 1 aliphatic carbocycles. The van der Waals surface area contributed by atoms with E-state index in [4.69, 9.17) is 4.42 Å². The number of rotatable bonds is 6. The molecule has 1 heterocycles. The normalized spacial score (nSPS) is 19.8. The number of hydrogen-bond acceptors (Lipinski definition) is 2. The maximum absolute atomic E-state index is 5.33. The Balaban J connectivity index is 0.00000192. The van der Waals surface area contributed by atoms with E-state index in [2.05, 4.69) is 52.9 Å². The highest BCUT2D eigenvalue weighted by Crippen LogP contribution is 2.40. The third-order valence-electron chi connectivity index (χ3n) is 3.89. The van der Waals surface area contributed by atoms with Crippen molar-refractivity contribution in [1.82, 2.24) is 10.6 Å². The summed E-state index contributed by atoms with van der Waals surface area (Å²) in [6.45, 7) is 3.69. The van der Waals surface area contributed by atoms with Crippen molar-refractivity contribution in [2.24, 2.45) is 4.99 Å². The number of benzene rings is 1. The standard InChI is InChI=1S/C18H23N3O.HI/c1-2-19-18(20-11-10-15-9-6-12-22-15)21-17-13-16(17)14-7-4-3-5-8-14;/h3-9,12,16-17H,2,10-11,13H2,1H3,(H2,19,20,21);1H. The Morgan fingerprint density at radius 1 is 1.22 bits per heavy atom. The van der Waals surface area contributed by atoms with E-state index < -0.39 is 0 Å². The molecule has 2 atom stereocenters. The fraction of sp³-hybridized carbons (Fsp3) is 0.389. The molecule has 2 aromatic rings. The van der Waals surface area contributed by atoms with Crippen LogP contribution in [-0.2, 0) is 6.42 Å². The number of hydrogen-bond donors (Lipinski definition) is 2. The highest BCUT2D eigenvalue weighted by molar-refractivity contribution is 14.0. The van der Waals surface area contributed by atoms with Crippen LogP contribution in [0.15, 0.2) is 58.1 Å². The van der Waals surface area contributed by atoms with Crippen LogP contribution in [0.1, 0.15) is 30.6 Å². The van der Waals surface area contributed by atoms with Gasteiger partial charge in [-0.05, 0) is 31.0 Å². The van der Waals surface area contributed by atoms with E-state index >= 15 is 0 Å². The summed E-state index contributed by atoms with van der Waals surface area (Å²) >= 11 is 0. The molecular formula is C18H24IN3O. The number of nitrogens with one attached hydrogen (secondary N) is 2. The maximum Gasteiger partial charge on any atom is 0.191 e. The van der Waals surface area contributed by atoms with Crippen molar-refractivity contribution >= 4 is 29.9 Å². The van der Waals surface area contributed by atoms with Crippen LogP contribution in [0, 0.1) is 0 Å². The molecule has 0 saturated heterocycles. The van der Waals surface area contributed by atoms with E-state index in [-0.39, 0.29) is 24.0 Å². The highest BCUT2D eigenvalue weighted by atomic mass is 127. The van der Waals surface area contributed by atoms with Gasteiger partial charge in [0.1, 0.15) is 5.76 Å². The lowest BCUT2D eigenvalue weighted by atomic mass is 10.1. The van der Waals surface area contributed by atoms with Gasteiger partial charge in [0.2, 0.25) is 0 Å². The number of halogens is 1. The predicted octanol–water partition coefficient (Wildman–Crippen LogP) is 3.55. The van der Waals surface area contributed by atoms with Crippen molar-refractivity contribution in [2.75, 3.05) is 13.1 Å². The van der Waals surface area contributed by atoms with Gasteiger partial charge in [-0.1, -0.05) is 30.3 Å². The summed E-state index contributed by atoms with van der Waals surface area (Å²) in [7, 11) is 0. The van der Waals surface area contributed by atoms with Gasteiger partial charge in [-0.3, -0.25) is 4.99 Å². The average molecular weight is 425 g/mol. The first-order chi connectivity index (χ1) is 10.9. The molecule has 0 amide bonds. The first-order valence-electron chi connectivity index (χ1n) is 7.99. The minimum absolute atomic E-state index is 0. The van der Waals surface area contributed by atoms with Gasteiger partial charge in [-0.15, -0.1) is 24.0 Å². The SMILES string of the molecule is CCNC(=NCCc1ccco1)NC1CC1c1ccccc1.I. The Kier molecular flexibility index (Phi) is 6.95. The lowest BCUT2D eigenvalue weighted by Crippen LogP contribution is -2.39. The van der Waals surface area contributed by atoms with Gasteiger partial charge < -0.3 is 15.1 Å². The van der Waals surface area contributed by atoms with Gasteiger partial charge in [0, 0.05) is 31.5 Å². The first kappa shape index (κ1) is 17.8. The molecule has 1 aromatic heterocycles. The first-order valence-corrected chi connectivity index (χ1v) is 7.99. The van der Waals surface area contributed by atoms with Crippen LogP contribution in [0.2, 0.25) is 0 Å². The fourth-order valence-electron chi connectivity index (χ4n) is 2.65. The van der Waals surface area contributed by atoms with E-state index in [1.165, 1.54) is 12.0 Å². The molecule has 0 spiro atoms. The summed E-state index contributed by atoms with van der Waals surface area (Å²) in [5.41, 5.74) is 1.41. The zero-order chi connectivity index (χ0) is 15.2. The molecule has 1 fully saturated rings. The molecule has 23 heavy (non-hydrogen) atoms.